The number of aliphatic hydroxyl groups excluding tert-OH is 1. The quantitative estimate of drug-likeness (QED) is 0.758. The van der Waals surface area contributed by atoms with E-state index in [-0.39, 0.29) is 19.1 Å². The zero-order valence-corrected chi connectivity index (χ0v) is 8.16. The minimum atomic E-state index is -4.59. The summed E-state index contributed by atoms with van der Waals surface area (Å²) in [5, 5.41) is 8.47. The minimum absolute atomic E-state index is 0.0598. The summed E-state index contributed by atoms with van der Waals surface area (Å²) >= 11 is 0. The van der Waals surface area contributed by atoms with Gasteiger partial charge >= 0.3 is 6.18 Å². The van der Waals surface area contributed by atoms with Crippen LogP contribution < -0.4 is 10.5 Å². The first-order valence-electron chi connectivity index (χ1n) is 4.39. The van der Waals surface area contributed by atoms with Crippen LogP contribution in [0.25, 0.3) is 0 Å². The van der Waals surface area contributed by atoms with Crippen molar-refractivity contribution in [1.82, 2.24) is 9.97 Å². The van der Waals surface area contributed by atoms with E-state index in [4.69, 9.17) is 15.6 Å². The molecule has 1 aromatic rings. The first-order chi connectivity index (χ1) is 7.43. The molecule has 0 atom stereocenters. The normalized spacial score (nSPS) is 11.5. The van der Waals surface area contributed by atoms with Gasteiger partial charge < -0.3 is 15.6 Å². The SMILES string of the molecule is Nc1nc(OCCCO)cc(C(F)(F)F)n1. The van der Waals surface area contributed by atoms with Gasteiger partial charge in [0.25, 0.3) is 0 Å². The topological polar surface area (TPSA) is 81.3 Å². The summed E-state index contributed by atoms with van der Waals surface area (Å²) in [6, 6.07) is 0.660. The van der Waals surface area contributed by atoms with E-state index in [1.54, 1.807) is 0 Å². The van der Waals surface area contributed by atoms with E-state index in [1.165, 1.54) is 0 Å². The van der Waals surface area contributed by atoms with E-state index in [1.807, 2.05) is 0 Å². The average molecular weight is 237 g/mol. The molecular weight excluding hydrogens is 227 g/mol. The molecule has 0 fully saturated rings. The number of alkyl halides is 3. The van der Waals surface area contributed by atoms with E-state index >= 15 is 0 Å². The van der Waals surface area contributed by atoms with Gasteiger partial charge in [0.1, 0.15) is 0 Å². The van der Waals surface area contributed by atoms with Crippen molar-refractivity contribution in [3.8, 4) is 5.88 Å². The lowest BCUT2D eigenvalue weighted by molar-refractivity contribution is -0.141. The Hall–Kier alpha value is -1.57. The highest BCUT2D eigenvalue weighted by atomic mass is 19.4. The van der Waals surface area contributed by atoms with Gasteiger partial charge in [-0.2, -0.15) is 18.2 Å². The third kappa shape index (κ3) is 3.54. The van der Waals surface area contributed by atoms with Crippen LogP contribution >= 0.6 is 0 Å². The Morgan fingerprint density at radius 1 is 1.38 bits per heavy atom. The van der Waals surface area contributed by atoms with Gasteiger partial charge in [-0.25, -0.2) is 4.98 Å². The maximum absolute atomic E-state index is 12.3. The molecule has 16 heavy (non-hydrogen) atoms. The molecule has 5 nitrogen and oxygen atoms in total. The third-order valence-corrected chi connectivity index (χ3v) is 1.56. The van der Waals surface area contributed by atoms with Crippen LogP contribution in [-0.4, -0.2) is 28.3 Å². The van der Waals surface area contributed by atoms with Crippen molar-refractivity contribution in [3.05, 3.63) is 11.8 Å². The summed E-state index contributed by atoms with van der Waals surface area (Å²) < 4.78 is 41.8. The fourth-order valence-corrected chi connectivity index (χ4v) is 0.903. The molecule has 0 amide bonds. The lowest BCUT2D eigenvalue weighted by Crippen LogP contribution is -2.12. The first kappa shape index (κ1) is 12.5. The molecule has 1 heterocycles. The fraction of sp³-hybridized carbons (Fsp3) is 0.500. The largest absolute Gasteiger partial charge is 0.477 e. The summed E-state index contributed by atoms with van der Waals surface area (Å²) in [4.78, 5) is 6.53. The highest BCUT2D eigenvalue weighted by molar-refractivity contribution is 5.27. The van der Waals surface area contributed by atoms with Gasteiger partial charge in [-0.05, 0) is 0 Å². The van der Waals surface area contributed by atoms with Gasteiger partial charge in [-0.15, -0.1) is 0 Å². The number of nitrogens with zero attached hydrogens (tertiary/aromatic N) is 2. The van der Waals surface area contributed by atoms with Crippen LogP contribution in [0.4, 0.5) is 19.1 Å². The van der Waals surface area contributed by atoms with Crippen molar-refractivity contribution in [2.24, 2.45) is 0 Å². The van der Waals surface area contributed by atoms with Crippen molar-refractivity contribution >= 4 is 5.95 Å². The number of hydrogen-bond donors (Lipinski definition) is 2. The lowest BCUT2D eigenvalue weighted by atomic mass is 10.4. The van der Waals surface area contributed by atoms with Gasteiger partial charge in [-0.3, -0.25) is 0 Å². The molecule has 3 N–H and O–H groups in total. The van der Waals surface area contributed by atoms with Crippen molar-refractivity contribution < 1.29 is 23.0 Å². The lowest BCUT2D eigenvalue weighted by Gasteiger charge is -2.09. The fourth-order valence-electron chi connectivity index (χ4n) is 0.903. The molecule has 90 valence electrons. The number of nitrogens with two attached hydrogens (primary N) is 1. The molecular formula is C8H10F3N3O2. The van der Waals surface area contributed by atoms with E-state index < -0.39 is 17.8 Å². The molecule has 0 aliphatic carbocycles. The summed E-state index contributed by atoms with van der Waals surface area (Å²) in [6.45, 7) is -0.0586. The summed E-state index contributed by atoms with van der Waals surface area (Å²) in [5.41, 5.74) is 3.96. The number of anilines is 1. The Balaban J connectivity index is 2.82. The number of rotatable bonds is 4. The van der Waals surface area contributed by atoms with Crippen LogP contribution in [0.1, 0.15) is 12.1 Å². The highest BCUT2D eigenvalue weighted by Gasteiger charge is 2.33. The predicted molar refractivity (Wildman–Crippen MR) is 48.6 cm³/mol. The van der Waals surface area contributed by atoms with Gasteiger partial charge in [0.15, 0.2) is 5.69 Å². The van der Waals surface area contributed by atoms with Crippen LogP contribution in [0.15, 0.2) is 6.07 Å². The number of halogens is 3. The zero-order chi connectivity index (χ0) is 12.2. The van der Waals surface area contributed by atoms with Crippen LogP contribution in [0.3, 0.4) is 0 Å². The summed E-state index contributed by atoms with van der Waals surface area (Å²) in [6.07, 6.45) is -4.29. The molecule has 0 unspecified atom stereocenters. The molecule has 8 heteroatoms. The molecule has 0 bridgehead atoms. The first-order valence-corrected chi connectivity index (χ1v) is 4.39. The Bertz CT molecular complexity index is 357. The predicted octanol–water partition coefficient (Wildman–Crippen LogP) is 0.839. The Morgan fingerprint density at radius 2 is 2.06 bits per heavy atom. The second kappa shape index (κ2) is 4.97. The van der Waals surface area contributed by atoms with E-state index in [2.05, 4.69) is 9.97 Å². The molecule has 0 aliphatic heterocycles. The smallest absolute Gasteiger partial charge is 0.433 e. The van der Waals surface area contributed by atoms with Crippen molar-refractivity contribution in [2.45, 2.75) is 12.6 Å². The van der Waals surface area contributed by atoms with Gasteiger partial charge in [0.05, 0.1) is 6.61 Å². The van der Waals surface area contributed by atoms with E-state index in [0.717, 1.165) is 0 Å². The van der Waals surface area contributed by atoms with Crippen molar-refractivity contribution in [2.75, 3.05) is 18.9 Å². The Morgan fingerprint density at radius 3 is 2.62 bits per heavy atom. The maximum Gasteiger partial charge on any atom is 0.433 e. The number of aromatic nitrogens is 2. The van der Waals surface area contributed by atoms with Crippen molar-refractivity contribution in [3.63, 3.8) is 0 Å². The Labute approximate surface area is 89.1 Å². The number of aliphatic hydroxyl groups is 1. The number of nitrogen functional groups attached to an aromatic ring is 1. The maximum atomic E-state index is 12.3. The zero-order valence-electron chi connectivity index (χ0n) is 8.16. The molecule has 0 aliphatic rings. The molecule has 0 spiro atoms. The monoisotopic (exact) mass is 237 g/mol. The third-order valence-electron chi connectivity index (χ3n) is 1.56. The molecule has 0 saturated carbocycles. The minimum Gasteiger partial charge on any atom is -0.477 e. The molecule has 0 saturated heterocycles. The van der Waals surface area contributed by atoms with Crippen molar-refractivity contribution in [1.29, 1.82) is 0 Å². The van der Waals surface area contributed by atoms with E-state index in [9.17, 15) is 13.2 Å². The summed E-state index contributed by atoms with van der Waals surface area (Å²) in [5.74, 6) is -0.762. The Kier molecular flexibility index (Phi) is 3.88. The number of ether oxygens (including phenoxy) is 1. The average Bonchev–Trinajstić information content (AvgIpc) is 2.16. The van der Waals surface area contributed by atoms with Crippen LogP contribution in [0.5, 0.6) is 5.88 Å². The molecule has 0 aromatic carbocycles. The molecule has 0 radical (unpaired) electrons. The van der Waals surface area contributed by atoms with Gasteiger partial charge in [0.2, 0.25) is 11.8 Å². The van der Waals surface area contributed by atoms with Crippen LogP contribution in [-0.2, 0) is 6.18 Å². The molecule has 1 rings (SSSR count). The van der Waals surface area contributed by atoms with Gasteiger partial charge in [-0.1, -0.05) is 0 Å². The second-order valence-electron chi connectivity index (χ2n) is 2.87. The van der Waals surface area contributed by atoms with Gasteiger partial charge in [0, 0.05) is 19.1 Å². The number of hydrogen-bond acceptors (Lipinski definition) is 5. The molecule has 1 aromatic heterocycles. The summed E-state index contributed by atoms with van der Waals surface area (Å²) in [7, 11) is 0. The van der Waals surface area contributed by atoms with E-state index in [0.29, 0.717) is 12.5 Å². The standard InChI is InChI=1S/C8H10F3N3O2/c9-8(10,11)5-4-6(14-7(12)13-5)16-3-1-2-15/h4,15H,1-3H2,(H2,12,13,14). The van der Waals surface area contributed by atoms with Crippen LogP contribution in [0.2, 0.25) is 0 Å². The highest BCUT2D eigenvalue weighted by Crippen LogP contribution is 2.29. The second-order valence-corrected chi connectivity index (χ2v) is 2.87. The van der Waals surface area contributed by atoms with Crippen LogP contribution in [0, 0.1) is 0 Å².